The number of nitrogen functional groups attached to an aromatic ring is 1. The van der Waals surface area contributed by atoms with E-state index in [0.717, 1.165) is 25.9 Å². The van der Waals surface area contributed by atoms with Crippen molar-refractivity contribution in [3.05, 3.63) is 28.8 Å². The largest absolute Gasteiger partial charge is 0.398 e. The Balaban J connectivity index is 1.58. The predicted octanol–water partition coefficient (Wildman–Crippen LogP) is 3.01. The predicted molar refractivity (Wildman–Crippen MR) is 90.2 cm³/mol. The standard InChI is InChI=1S/C17H24ClN3O/c18-15-12-13(4-5-16(15)19)17(22)21-10-6-14(7-11-21)20-8-2-1-3-9-20/h4-5,12,14H,1-3,6-11,19H2. The van der Waals surface area contributed by atoms with Gasteiger partial charge in [-0.1, -0.05) is 18.0 Å². The molecule has 2 heterocycles. The van der Waals surface area contributed by atoms with Crippen molar-refractivity contribution >= 4 is 23.2 Å². The van der Waals surface area contributed by atoms with Crippen molar-refractivity contribution in [1.29, 1.82) is 0 Å². The normalized spacial score (nSPS) is 21.0. The number of nitrogens with two attached hydrogens (primary N) is 1. The molecule has 2 N–H and O–H groups in total. The molecule has 3 rings (SSSR count). The SMILES string of the molecule is Nc1ccc(C(=O)N2CCC(N3CCCCC3)CC2)cc1Cl. The van der Waals surface area contributed by atoms with E-state index in [9.17, 15) is 4.79 Å². The van der Waals surface area contributed by atoms with Gasteiger partial charge in [-0.3, -0.25) is 4.79 Å². The third-order valence-corrected chi connectivity index (χ3v) is 5.23. The second-order valence-corrected chi connectivity index (χ2v) is 6.76. The van der Waals surface area contributed by atoms with Crippen LogP contribution in [0.15, 0.2) is 18.2 Å². The van der Waals surface area contributed by atoms with Gasteiger partial charge in [-0.15, -0.1) is 0 Å². The number of likely N-dealkylation sites (tertiary alicyclic amines) is 2. The summed E-state index contributed by atoms with van der Waals surface area (Å²) in [6.07, 6.45) is 6.17. The minimum atomic E-state index is 0.0685. The van der Waals surface area contributed by atoms with Crippen molar-refractivity contribution in [1.82, 2.24) is 9.80 Å². The van der Waals surface area contributed by atoms with Gasteiger partial charge in [0.25, 0.3) is 5.91 Å². The number of hydrogen-bond acceptors (Lipinski definition) is 3. The van der Waals surface area contributed by atoms with Crippen LogP contribution >= 0.6 is 11.6 Å². The average Bonchev–Trinajstić information content (AvgIpc) is 2.58. The van der Waals surface area contributed by atoms with Gasteiger partial charge in [-0.2, -0.15) is 0 Å². The first kappa shape index (κ1) is 15.6. The van der Waals surface area contributed by atoms with Crippen LogP contribution < -0.4 is 5.73 Å². The van der Waals surface area contributed by atoms with E-state index in [1.807, 2.05) is 4.90 Å². The lowest BCUT2D eigenvalue weighted by molar-refractivity contribution is 0.0590. The zero-order valence-electron chi connectivity index (χ0n) is 12.9. The highest BCUT2D eigenvalue weighted by Crippen LogP contribution is 2.24. The Kier molecular flexibility index (Phi) is 4.89. The van der Waals surface area contributed by atoms with Crippen LogP contribution in [-0.4, -0.2) is 47.9 Å². The van der Waals surface area contributed by atoms with Gasteiger partial charge in [-0.25, -0.2) is 0 Å². The van der Waals surface area contributed by atoms with E-state index in [2.05, 4.69) is 4.90 Å². The minimum absolute atomic E-state index is 0.0685. The number of carbonyl (C=O) groups is 1. The molecule has 0 unspecified atom stereocenters. The molecule has 120 valence electrons. The van der Waals surface area contributed by atoms with Crippen LogP contribution in [0.3, 0.4) is 0 Å². The van der Waals surface area contributed by atoms with E-state index in [1.54, 1.807) is 18.2 Å². The molecule has 0 bridgehead atoms. The zero-order chi connectivity index (χ0) is 15.5. The van der Waals surface area contributed by atoms with Crippen LogP contribution in [0.25, 0.3) is 0 Å². The molecule has 0 aliphatic carbocycles. The van der Waals surface area contributed by atoms with Crippen molar-refractivity contribution < 1.29 is 4.79 Å². The maximum Gasteiger partial charge on any atom is 0.253 e. The molecule has 0 saturated carbocycles. The fourth-order valence-corrected chi connectivity index (χ4v) is 3.74. The molecule has 22 heavy (non-hydrogen) atoms. The Morgan fingerprint density at radius 1 is 1.09 bits per heavy atom. The van der Waals surface area contributed by atoms with E-state index in [-0.39, 0.29) is 5.91 Å². The highest BCUT2D eigenvalue weighted by atomic mass is 35.5. The molecule has 1 amide bonds. The Morgan fingerprint density at radius 3 is 2.41 bits per heavy atom. The van der Waals surface area contributed by atoms with Crippen LogP contribution in [0.1, 0.15) is 42.5 Å². The lowest BCUT2D eigenvalue weighted by atomic mass is 9.99. The first-order valence-corrected chi connectivity index (χ1v) is 8.61. The average molecular weight is 322 g/mol. The number of hydrogen-bond donors (Lipinski definition) is 1. The Bertz CT molecular complexity index is 535. The van der Waals surface area contributed by atoms with Crippen molar-refractivity contribution in [2.75, 3.05) is 31.9 Å². The maximum atomic E-state index is 12.6. The second kappa shape index (κ2) is 6.88. The van der Waals surface area contributed by atoms with E-state index >= 15 is 0 Å². The number of piperidine rings is 2. The van der Waals surface area contributed by atoms with Gasteiger partial charge in [0.05, 0.1) is 10.7 Å². The topological polar surface area (TPSA) is 49.6 Å². The van der Waals surface area contributed by atoms with Crippen molar-refractivity contribution in [3.63, 3.8) is 0 Å². The first-order valence-electron chi connectivity index (χ1n) is 8.23. The molecule has 2 aliphatic heterocycles. The van der Waals surface area contributed by atoms with Gasteiger partial charge in [0.2, 0.25) is 0 Å². The van der Waals surface area contributed by atoms with Gasteiger partial charge < -0.3 is 15.5 Å². The molecule has 1 aromatic rings. The van der Waals surface area contributed by atoms with E-state index in [0.29, 0.717) is 22.3 Å². The summed E-state index contributed by atoms with van der Waals surface area (Å²) in [7, 11) is 0. The molecule has 0 spiro atoms. The highest BCUT2D eigenvalue weighted by molar-refractivity contribution is 6.33. The third kappa shape index (κ3) is 3.39. The minimum Gasteiger partial charge on any atom is -0.398 e. The van der Waals surface area contributed by atoms with Crippen LogP contribution in [0.5, 0.6) is 0 Å². The van der Waals surface area contributed by atoms with Crippen molar-refractivity contribution in [2.45, 2.75) is 38.1 Å². The zero-order valence-corrected chi connectivity index (χ0v) is 13.7. The summed E-state index contributed by atoms with van der Waals surface area (Å²) in [5.41, 5.74) is 6.86. The number of carbonyl (C=O) groups excluding carboxylic acids is 1. The molecule has 4 nitrogen and oxygen atoms in total. The van der Waals surface area contributed by atoms with Crippen molar-refractivity contribution in [3.8, 4) is 0 Å². The molecule has 2 aliphatic rings. The second-order valence-electron chi connectivity index (χ2n) is 6.36. The molecule has 0 radical (unpaired) electrons. The quantitative estimate of drug-likeness (QED) is 0.852. The summed E-state index contributed by atoms with van der Waals surface area (Å²) in [5.74, 6) is 0.0685. The van der Waals surface area contributed by atoms with Crippen LogP contribution in [0, 0.1) is 0 Å². The number of rotatable bonds is 2. The van der Waals surface area contributed by atoms with Crippen LogP contribution in [0.4, 0.5) is 5.69 Å². The number of nitrogens with zero attached hydrogens (tertiary/aromatic N) is 2. The van der Waals surface area contributed by atoms with E-state index in [1.165, 1.54) is 32.4 Å². The number of amides is 1. The molecular weight excluding hydrogens is 298 g/mol. The number of halogens is 1. The molecule has 5 heteroatoms. The molecule has 0 atom stereocenters. The number of anilines is 1. The molecular formula is C17H24ClN3O. The first-order chi connectivity index (χ1) is 10.6. The molecule has 1 aromatic carbocycles. The lowest BCUT2D eigenvalue weighted by Gasteiger charge is -2.40. The lowest BCUT2D eigenvalue weighted by Crippen LogP contribution is -2.48. The van der Waals surface area contributed by atoms with Crippen LogP contribution in [0.2, 0.25) is 5.02 Å². The molecule has 2 saturated heterocycles. The summed E-state index contributed by atoms with van der Waals surface area (Å²) in [5, 5.41) is 0.453. The van der Waals surface area contributed by atoms with Gasteiger partial charge in [0.15, 0.2) is 0 Å². The summed E-state index contributed by atoms with van der Waals surface area (Å²) in [6, 6.07) is 5.80. The highest BCUT2D eigenvalue weighted by Gasteiger charge is 2.28. The Hall–Kier alpha value is -1.26. The summed E-state index contributed by atoms with van der Waals surface area (Å²) >= 11 is 6.02. The monoisotopic (exact) mass is 321 g/mol. The Labute approximate surface area is 137 Å². The fraction of sp³-hybridized carbons (Fsp3) is 0.588. The Morgan fingerprint density at radius 2 is 1.77 bits per heavy atom. The van der Waals surface area contributed by atoms with E-state index < -0.39 is 0 Å². The van der Waals surface area contributed by atoms with Gasteiger partial charge in [0, 0.05) is 24.7 Å². The third-order valence-electron chi connectivity index (χ3n) is 4.91. The molecule has 0 aromatic heterocycles. The van der Waals surface area contributed by atoms with E-state index in [4.69, 9.17) is 17.3 Å². The van der Waals surface area contributed by atoms with Gasteiger partial charge in [-0.05, 0) is 57.0 Å². The summed E-state index contributed by atoms with van der Waals surface area (Å²) in [4.78, 5) is 17.1. The van der Waals surface area contributed by atoms with Crippen LogP contribution in [-0.2, 0) is 0 Å². The smallest absolute Gasteiger partial charge is 0.253 e. The molecule has 2 fully saturated rings. The fourth-order valence-electron chi connectivity index (χ4n) is 3.56. The summed E-state index contributed by atoms with van der Waals surface area (Å²) < 4.78 is 0. The van der Waals surface area contributed by atoms with Gasteiger partial charge in [0.1, 0.15) is 0 Å². The van der Waals surface area contributed by atoms with Gasteiger partial charge >= 0.3 is 0 Å². The maximum absolute atomic E-state index is 12.6. The number of benzene rings is 1. The summed E-state index contributed by atoms with van der Waals surface area (Å²) in [6.45, 7) is 4.13. The van der Waals surface area contributed by atoms with Crippen molar-refractivity contribution in [2.24, 2.45) is 0 Å².